The van der Waals surface area contributed by atoms with Crippen LogP contribution in [0.4, 0.5) is 17.3 Å². The summed E-state index contributed by atoms with van der Waals surface area (Å²) in [5, 5.41) is 11.3. The molecule has 0 fully saturated rings. The Bertz CT molecular complexity index is 684. The molecule has 1 aliphatic rings. The van der Waals surface area contributed by atoms with Crippen molar-refractivity contribution in [2.45, 2.75) is 45.6 Å². The molecule has 120 valence electrons. The van der Waals surface area contributed by atoms with Gasteiger partial charge in [0.1, 0.15) is 0 Å². The molecule has 1 atom stereocenters. The average molecular weight is 310 g/mol. The van der Waals surface area contributed by atoms with Crippen LogP contribution < -0.4 is 10.2 Å². The van der Waals surface area contributed by atoms with Crippen LogP contribution in [0.1, 0.15) is 38.7 Å². The molecular formula is C18H22N4O. The van der Waals surface area contributed by atoms with E-state index in [-0.39, 0.29) is 5.91 Å². The molecule has 2 aromatic rings. The normalized spacial score (nSPS) is 16.3. The van der Waals surface area contributed by atoms with Crippen molar-refractivity contribution in [3.8, 4) is 0 Å². The van der Waals surface area contributed by atoms with Gasteiger partial charge in [0.2, 0.25) is 5.91 Å². The molecule has 5 nitrogen and oxygen atoms in total. The number of hydrogen-bond donors (Lipinski definition) is 1. The minimum Gasteiger partial charge on any atom is -0.321 e. The van der Waals surface area contributed by atoms with Crippen LogP contribution in [-0.2, 0) is 11.2 Å². The molecule has 1 aromatic heterocycles. The van der Waals surface area contributed by atoms with Gasteiger partial charge in [-0.15, -0.1) is 10.2 Å². The van der Waals surface area contributed by atoms with E-state index in [0.717, 1.165) is 25.1 Å². The van der Waals surface area contributed by atoms with Crippen molar-refractivity contribution in [3.63, 3.8) is 0 Å². The fraction of sp³-hybridized carbons (Fsp3) is 0.389. The van der Waals surface area contributed by atoms with Gasteiger partial charge < -0.3 is 10.2 Å². The van der Waals surface area contributed by atoms with Crippen LogP contribution in [0.5, 0.6) is 0 Å². The molecule has 0 bridgehead atoms. The Morgan fingerprint density at radius 3 is 2.83 bits per heavy atom. The first-order valence-electron chi connectivity index (χ1n) is 8.19. The van der Waals surface area contributed by atoms with E-state index in [4.69, 9.17) is 0 Å². The number of nitrogens with one attached hydrogen (secondary N) is 1. The number of fused-ring (bicyclic) bond motifs is 1. The van der Waals surface area contributed by atoms with E-state index >= 15 is 0 Å². The smallest absolute Gasteiger partial charge is 0.225 e. The molecule has 3 rings (SSSR count). The number of benzene rings is 1. The lowest BCUT2D eigenvalue weighted by Gasteiger charge is -2.23. The van der Waals surface area contributed by atoms with Gasteiger partial charge in [-0.25, -0.2) is 0 Å². The standard InChI is InChI=1S/C18H22N4O/c1-3-4-9-18(23)19-16-10-11-17(21-20-16)22-13(2)12-14-7-5-6-8-15(14)22/h5-8,10-11,13H,3-4,9,12H2,1-2H3,(H,19,20,23). The Kier molecular flexibility index (Phi) is 4.55. The van der Waals surface area contributed by atoms with Crippen LogP contribution >= 0.6 is 0 Å². The first-order valence-corrected chi connectivity index (χ1v) is 8.19. The lowest BCUT2D eigenvalue weighted by atomic mass is 10.1. The van der Waals surface area contributed by atoms with Gasteiger partial charge >= 0.3 is 0 Å². The second kappa shape index (κ2) is 6.77. The van der Waals surface area contributed by atoms with Crippen molar-refractivity contribution in [2.75, 3.05) is 10.2 Å². The van der Waals surface area contributed by atoms with E-state index < -0.39 is 0 Å². The van der Waals surface area contributed by atoms with Gasteiger partial charge in [0, 0.05) is 18.2 Å². The molecule has 5 heteroatoms. The number of unbranched alkanes of at least 4 members (excludes halogenated alkanes) is 1. The Morgan fingerprint density at radius 1 is 1.26 bits per heavy atom. The van der Waals surface area contributed by atoms with Crippen LogP contribution in [0, 0.1) is 0 Å². The Balaban J connectivity index is 1.74. The first-order chi connectivity index (χ1) is 11.2. The minimum absolute atomic E-state index is 0.00575. The van der Waals surface area contributed by atoms with E-state index in [9.17, 15) is 4.79 Å². The number of carbonyl (C=O) groups excluding carboxylic acids is 1. The third-order valence-electron chi connectivity index (χ3n) is 4.13. The second-order valence-corrected chi connectivity index (χ2v) is 5.98. The molecule has 1 unspecified atom stereocenters. The van der Waals surface area contributed by atoms with Crippen molar-refractivity contribution in [3.05, 3.63) is 42.0 Å². The number of carbonyl (C=O) groups is 1. The summed E-state index contributed by atoms with van der Waals surface area (Å²) in [4.78, 5) is 13.9. The molecule has 1 amide bonds. The highest BCUT2D eigenvalue weighted by atomic mass is 16.1. The summed E-state index contributed by atoms with van der Waals surface area (Å²) in [5.41, 5.74) is 2.52. The SMILES string of the molecule is CCCCC(=O)Nc1ccc(N2c3ccccc3CC2C)nn1. The maximum Gasteiger partial charge on any atom is 0.225 e. The highest BCUT2D eigenvalue weighted by Gasteiger charge is 2.27. The average Bonchev–Trinajstić information content (AvgIpc) is 2.89. The monoisotopic (exact) mass is 310 g/mol. The summed E-state index contributed by atoms with van der Waals surface area (Å²) < 4.78 is 0. The summed E-state index contributed by atoms with van der Waals surface area (Å²) >= 11 is 0. The fourth-order valence-corrected chi connectivity index (χ4v) is 2.98. The molecular weight excluding hydrogens is 288 g/mol. The van der Waals surface area contributed by atoms with Crippen LogP contribution in [0.3, 0.4) is 0 Å². The van der Waals surface area contributed by atoms with Gasteiger partial charge in [-0.2, -0.15) is 0 Å². The largest absolute Gasteiger partial charge is 0.321 e. The molecule has 0 saturated carbocycles. The quantitative estimate of drug-likeness (QED) is 0.915. The lowest BCUT2D eigenvalue weighted by Crippen LogP contribution is -2.25. The summed E-state index contributed by atoms with van der Waals surface area (Å²) in [6.45, 7) is 4.25. The summed E-state index contributed by atoms with van der Waals surface area (Å²) in [6, 6.07) is 12.5. The number of amides is 1. The molecule has 0 radical (unpaired) electrons. The highest BCUT2D eigenvalue weighted by molar-refractivity contribution is 5.89. The zero-order valence-corrected chi connectivity index (χ0v) is 13.6. The molecule has 0 aliphatic carbocycles. The number of anilines is 3. The van der Waals surface area contributed by atoms with E-state index in [2.05, 4.69) is 52.5 Å². The summed E-state index contributed by atoms with van der Waals surface area (Å²) in [5.74, 6) is 1.32. The van der Waals surface area contributed by atoms with E-state index in [1.54, 1.807) is 0 Å². The topological polar surface area (TPSA) is 58.1 Å². The Morgan fingerprint density at radius 2 is 2.09 bits per heavy atom. The van der Waals surface area contributed by atoms with E-state index in [1.807, 2.05) is 18.2 Å². The zero-order chi connectivity index (χ0) is 16.2. The van der Waals surface area contributed by atoms with E-state index in [0.29, 0.717) is 18.3 Å². The van der Waals surface area contributed by atoms with E-state index in [1.165, 1.54) is 11.3 Å². The van der Waals surface area contributed by atoms with Gasteiger partial charge in [-0.3, -0.25) is 4.79 Å². The summed E-state index contributed by atoms with van der Waals surface area (Å²) in [7, 11) is 0. The van der Waals surface area contributed by atoms with Crippen molar-refractivity contribution in [1.82, 2.24) is 10.2 Å². The first kappa shape index (κ1) is 15.5. The molecule has 0 saturated heterocycles. The number of nitrogens with zero attached hydrogens (tertiary/aromatic N) is 3. The van der Waals surface area contributed by atoms with Crippen molar-refractivity contribution < 1.29 is 4.79 Å². The summed E-state index contributed by atoms with van der Waals surface area (Å²) in [6.07, 6.45) is 3.42. The predicted molar refractivity (Wildman–Crippen MR) is 91.9 cm³/mol. The Labute approximate surface area is 136 Å². The number of rotatable bonds is 5. The molecule has 1 aromatic carbocycles. The van der Waals surface area contributed by atoms with Crippen molar-refractivity contribution >= 4 is 23.2 Å². The van der Waals surface area contributed by atoms with Crippen LogP contribution in [0.25, 0.3) is 0 Å². The highest BCUT2D eigenvalue weighted by Crippen LogP contribution is 2.36. The van der Waals surface area contributed by atoms with Gasteiger partial charge in [0.15, 0.2) is 11.6 Å². The molecule has 1 N–H and O–H groups in total. The molecule has 0 spiro atoms. The molecule has 1 aliphatic heterocycles. The maximum atomic E-state index is 11.7. The second-order valence-electron chi connectivity index (χ2n) is 5.98. The number of aromatic nitrogens is 2. The van der Waals surface area contributed by atoms with Gasteiger partial charge in [0.25, 0.3) is 0 Å². The van der Waals surface area contributed by atoms with Crippen LogP contribution in [0.15, 0.2) is 36.4 Å². The number of para-hydroxylation sites is 1. The maximum absolute atomic E-state index is 11.7. The van der Waals surface area contributed by atoms with Crippen LogP contribution in [-0.4, -0.2) is 22.1 Å². The fourth-order valence-electron chi connectivity index (χ4n) is 2.98. The van der Waals surface area contributed by atoms with Gasteiger partial charge in [0.05, 0.1) is 0 Å². The van der Waals surface area contributed by atoms with Gasteiger partial charge in [-0.1, -0.05) is 31.5 Å². The third-order valence-corrected chi connectivity index (χ3v) is 4.13. The molecule has 23 heavy (non-hydrogen) atoms. The molecule has 2 heterocycles. The van der Waals surface area contributed by atoms with Crippen molar-refractivity contribution in [1.29, 1.82) is 0 Å². The third kappa shape index (κ3) is 3.33. The number of hydrogen-bond acceptors (Lipinski definition) is 4. The van der Waals surface area contributed by atoms with Crippen LogP contribution in [0.2, 0.25) is 0 Å². The predicted octanol–water partition coefficient (Wildman–Crippen LogP) is 3.69. The van der Waals surface area contributed by atoms with Crippen molar-refractivity contribution in [2.24, 2.45) is 0 Å². The zero-order valence-electron chi connectivity index (χ0n) is 13.6. The lowest BCUT2D eigenvalue weighted by molar-refractivity contribution is -0.116. The Hall–Kier alpha value is -2.43. The van der Waals surface area contributed by atoms with Gasteiger partial charge in [-0.05, 0) is 43.5 Å². The minimum atomic E-state index is -0.00575.